The van der Waals surface area contributed by atoms with Gasteiger partial charge in [0.1, 0.15) is 17.2 Å². The highest BCUT2D eigenvalue weighted by molar-refractivity contribution is 6.15. The van der Waals surface area contributed by atoms with Crippen LogP contribution in [0.1, 0.15) is 27.3 Å². The van der Waals surface area contributed by atoms with Crippen molar-refractivity contribution in [3.8, 4) is 5.69 Å². The summed E-state index contributed by atoms with van der Waals surface area (Å²) in [7, 11) is 0. The van der Waals surface area contributed by atoms with Crippen molar-refractivity contribution in [3.05, 3.63) is 76.5 Å². The predicted octanol–water partition coefficient (Wildman–Crippen LogP) is 3.60. The topological polar surface area (TPSA) is 89.6 Å². The number of Topliss-reactive ketones (excluding diaryl/α,β-unsaturated/α-hetero) is 1. The molecule has 0 spiro atoms. The number of hydrogen-bond acceptors (Lipinski definition) is 4. The first kappa shape index (κ1) is 16.4. The van der Waals surface area contributed by atoms with Gasteiger partial charge in [-0.3, -0.25) is 4.79 Å². The van der Waals surface area contributed by atoms with Gasteiger partial charge in [0, 0.05) is 18.1 Å². The van der Waals surface area contributed by atoms with Crippen molar-refractivity contribution >= 4 is 28.7 Å². The molecular formula is C21H16FN5O. The highest BCUT2D eigenvalue weighted by atomic mass is 19.1. The number of carbonyl (C=O) groups excluding carboxylic acids is 1. The minimum absolute atomic E-state index is 0.168. The molecule has 138 valence electrons. The van der Waals surface area contributed by atoms with E-state index in [-0.39, 0.29) is 17.1 Å². The van der Waals surface area contributed by atoms with Crippen LogP contribution in [0.4, 0.5) is 10.2 Å². The summed E-state index contributed by atoms with van der Waals surface area (Å²) >= 11 is 0. The number of benzene rings is 2. The van der Waals surface area contributed by atoms with Crippen LogP contribution in [0.2, 0.25) is 0 Å². The molecule has 4 aromatic rings. The van der Waals surface area contributed by atoms with Gasteiger partial charge in [-0.05, 0) is 30.2 Å². The number of imidazole rings is 1. The summed E-state index contributed by atoms with van der Waals surface area (Å²) in [5.41, 5.74) is 10.6. The molecule has 0 atom stereocenters. The Morgan fingerprint density at radius 3 is 2.93 bits per heavy atom. The number of aryl methyl sites for hydroxylation is 1. The number of allylic oxidation sites excluding steroid dienone is 1. The van der Waals surface area contributed by atoms with E-state index in [0.717, 1.165) is 11.1 Å². The largest absolute Gasteiger partial charge is 0.383 e. The molecule has 2 heterocycles. The summed E-state index contributed by atoms with van der Waals surface area (Å²) in [5, 5.41) is 4.22. The number of nitrogen functional groups attached to an aromatic ring is 1. The minimum atomic E-state index is -0.478. The van der Waals surface area contributed by atoms with Gasteiger partial charge in [0.05, 0.1) is 23.0 Å². The van der Waals surface area contributed by atoms with E-state index in [1.54, 1.807) is 13.0 Å². The summed E-state index contributed by atoms with van der Waals surface area (Å²) in [6, 6.07) is 10.9. The Morgan fingerprint density at radius 1 is 1.29 bits per heavy atom. The van der Waals surface area contributed by atoms with Crippen LogP contribution in [0.5, 0.6) is 0 Å². The van der Waals surface area contributed by atoms with Gasteiger partial charge in [0.2, 0.25) is 0 Å². The number of nitrogens with zero attached hydrogens (tertiary/aromatic N) is 3. The molecule has 0 unspecified atom stereocenters. The molecule has 7 heteroatoms. The third-order valence-electron chi connectivity index (χ3n) is 5.00. The molecule has 1 aliphatic carbocycles. The number of H-pyrrole nitrogens is 1. The van der Waals surface area contributed by atoms with E-state index in [1.807, 2.05) is 30.3 Å². The molecule has 2 aromatic carbocycles. The highest BCUT2D eigenvalue weighted by Gasteiger charge is 2.24. The Kier molecular flexibility index (Phi) is 3.45. The van der Waals surface area contributed by atoms with Gasteiger partial charge >= 0.3 is 0 Å². The zero-order valence-corrected chi connectivity index (χ0v) is 15.0. The Labute approximate surface area is 159 Å². The first-order valence-electron chi connectivity index (χ1n) is 8.84. The number of rotatable bonds is 3. The molecule has 5 rings (SSSR count). The van der Waals surface area contributed by atoms with E-state index in [0.29, 0.717) is 34.6 Å². The molecule has 0 saturated carbocycles. The van der Waals surface area contributed by atoms with Gasteiger partial charge in [-0.2, -0.15) is 5.10 Å². The number of carbonyl (C=O) groups is 1. The summed E-state index contributed by atoms with van der Waals surface area (Å²) in [5.74, 6) is 0.146. The maximum absolute atomic E-state index is 14.4. The first-order chi connectivity index (χ1) is 13.5. The molecule has 28 heavy (non-hydrogen) atoms. The quantitative estimate of drug-likeness (QED) is 0.537. The zero-order valence-electron chi connectivity index (χ0n) is 15.0. The third-order valence-corrected chi connectivity index (χ3v) is 5.00. The fourth-order valence-electron chi connectivity index (χ4n) is 3.64. The lowest BCUT2D eigenvalue weighted by atomic mass is 10.0. The van der Waals surface area contributed by atoms with E-state index in [4.69, 9.17) is 5.73 Å². The molecule has 3 N–H and O–H groups in total. The van der Waals surface area contributed by atoms with Crippen LogP contribution in [-0.4, -0.2) is 25.5 Å². The van der Waals surface area contributed by atoms with Crippen molar-refractivity contribution in [1.82, 2.24) is 19.7 Å². The fourth-order valence-corrected chi connectivity index (χ4v) is 3.64. The van der Waals surface area contributed by atoms with E-state index < -0.39 is 5.82 Å². The van der Waals surface area contributed by atoms with Crippen LogP contribution in [-0.2, 0) is 6.42 Å². The molecule has 0 bridgehead atoms. The Hall–Kier alpha value is -3.74. The average molecular weight is 373 g/mol. The van der Waals surface area contributed by atoms with Gasteiger partial charge < -0.3 is 10.7 Å². The molecule has 2 aromatic heterocycles. The molecule has 0 fully saturated rings. The van der Waals surface area contributed by atoms with Gasteiger partial charge in [0.25, 0.3) is 0 Å². The number of aromatic amines is 1. The third kappa shape index (κ3) is 2.44. The van der Waals surface area contributed by atoms with Crippen LogP contribution in [0.15, 0.2) is 48.2 Å². The number of nitrogens with two attached hydrogens (primary N) is 1. The molecule has 0 radical (unpaired) electrons. The Morgan fingerprint density at radius 2 is 2.11 bits per heavy atom. The van der Waals surface area contributed by atoms with Crippen molar-refractivity contribution in [2.24, 2.45) is 0 Å². The zero-order chi connectivity index (χ0) is 19.4. The summed E-state index contributed by atoms with van der Waals surface area (Å²) < 4.78 is 15.8. The molecule has 0 aliphatic heterocycles. The lowest BCUT2D eigenvalue weighted by molar-refractivity contribution is 0.103. The number of aromatic nitrogens is 4. The minimum Gasteiger partial charge on any atom is -0.383 e. The lowest BCUT2D eigenvalue weighted by Gasteiger charge is -2.06. The summed E-state index contributed by atoms with van der Waals surface area (Å²) in [6.45, 7) is 1.76. The van der Waals surface area contributed by atoms with E-state index in [9.17, 15) is 9.18 Å². The normalized spacial score (nSPS) is 13.0. The number of nitrogens with one attached hydrogen (secondary N) is 1. The second-order valence-corrected chi connectivity index (χ2v) is 6.88. The molecule has 0 amide bonds. The smallest absolute Gasteiger partial charge is 0.194 e. The fraction of sp³-hybridized carbons (Fsp3) is 0.0952. The van der Waals surface area contributed by atoms with Crippen molar-refractivity contribution in [1.29, 1.82) is 0 Å². The van der Waals surface area contributed by atoms with Crippen molar-refractivity contribution < 1.29 is 9.18 Å². The van der Waals surface area contributed by atoms with Crippen LogP contribution < -0.4 is 5.73 Å². The van der Waals surface area contributed by atoms with Crippen LogP contribution in [0.3, 0.4) is 0 Å². The number of halogens is 1. The maximum atomic E-state index is 14.4. The number of fused-ring (bicyclic) bond motifs is 2. The lowest BCUT2D eigenvalue weighted by Crippen LogP contribution is -2.08. The van der Waals surface area contributed by atoms with E-state index >= 15 is 0 Å². The van der Waals surface area contributed by atoms with Crippen molar-refractivity contribution in [3.63, 3.8) is 0 Å². The average Bonchev–Trinajstić information content (AvgIpc) is 3.36. The number of hydrogen-bond donors (Lipinski definition) is 2. The molecule has 0 saturated heterocycles. The second-order valence-electron chi connectivity index (χ2n) is 6.88. The van der Waals surface area contributed by atoms with Gasteiger partial charge in [0.15, 0.2) is 11.6 Å². The first-order valence-corrected chi connectivity index (χ1v) is 8.84. The van der Waals surface area contributed by atoms with Crippen LogP contribution in [0.25, 0.3) is 22.8 Å². The van der Waals surface area contributed by atoms with Crippen molar-refractivity contribution in [2.75, 3.05) is 5.73 Å². The van der Waals surface area contributed by atoms with Gasteiger partial charge in [-0.25, -0.2) is 14.1 Å². The Balaban J connectivity index is 1.53. The maximum Gasteiger partial charge on any atom is 0.194 e. The monoisotopic (exact) mass is 373 g/mol. The van der Waals surface area contributed by atoms with Crippen LogP contribution >= 0.6 is 0 Å². The number of anilines is 1. The van der Waals surface area contributed by atoms with Crippen molar-refractivity contribution in [2.45, 2.75) is 13.3 Å². The molecular weight excluding hydrogens is 357 g/mol. The number of ketones is 1. The SMILES string of the molecule is Cc1nc2c(F)cc(-n3ncc(C(=O)C4=Cc5ccccc5C4)c3N)cc2[nH]1. The Bertz CT molecular complexity index is 1300. The molecule has 1 aliphatic rings. The van der Waals surface area contributed by atoms with E-state index in [2.05, 4.69) is 15.1 Å². The second kappa shape index (κ2) is 5.88. The highest BCUT2D eigenvalue weighted by Crippen LogP contribution is 2.29. The predicted molar refractivity (Wildman–Crippen MR) is 105 cm³/mol. The van der Waals surface area contributed by atoms with Crippen LogP contribution in [0, 0.1) is 12.7 Å². The summed E-state index contributed by atoms with van der Waals surface area (Å²) in [4.78, 5) is 20.1. The van der Waals surface area contributed by atoms with Gasteiger partial charge in [-0.1, -0.05) is 24.3 Å². The standard InChI is InChI=1S/C21H16FN5O/c1-11-25-18-9-15(8-17(22)19(18)26-11)27-21(23)16(10-24-27)20(28)14-6-12-4-2-3-5-13(12)7-14/h2-6,8-10H,7,23H2,1H3,(H,25,26). The molecule has 6 nitrogen and oxygen atoms in total. The van der Waals surface area contributed by atoms with Gasteiger partial charge in [-0.15, -0.1) is 0 Å². The summed E-state index contributed by atoms with van der Waals surface area (Å²) in [6.07, 6.45) is 3.88. The van der Waals surface area contributed by atoms with E-state index in [1.165, 1.54) is 16.9 Å².